The zero-order valence-electron chi connectivity index (χ0n) is 15.8. The van der Waals surface area contributed by atoms with Gasteiger partial charge in [-0.15, -0.1) is 0 Å². The number of nitrogens with one attached hydrogen (secondary N) is 3. The van der Waals surface area contributed by atoms with Gasteiger partial charge >= 0.3 is 5.91 Å². The number of furan rings is 1. The number of thiocarbonyl (C=S) groups is 1. The standard InChI is InChI=1S/C21H19Cl2N3O2S/c1-12(2)13-3-6-15(7-4-13)24-21(29)26-25-20(27)19-10-9-18(28-19)16-8-5-14(22)11-17(16)23/h3-12H,1-2H3,(H,25,27)(H2,24,26,29). The number of hydrazine groups is 1. The third-order valence-corrected chi connectivity index (χ3v) is 4.90. The smallest absolute Gasteiger partial charge is 0.305 e. The third-order valence-electron chi connectivity index (χ3n) is 4.15. The summed E-state index contributed by atoms with van der Waals surface area (Å²) < 4.78 is 5.60. The van der Waals surface area contributed by atoms with Gasteiger partial charge in [0.25, 0.3) is 0 Å². The van der Waals surface area contributed by atoms with Crippen LogP contribution in [0.3, 0.4) is 0 Å². The van der Waals surface area contributed by atoms with E-state index in [0.29, 0.717) is 27.3 Å². The number of amides is 1. The summed E-state index contributed by atoms with van der Waals surface area (Å²) >= 11 is 17.3. The lowest BCUT2D eigenvalue weighted by Gasteiger charge is -2.12. The molecule has 0 radical (unpaired) electrons. The normalized spacial score (nSPS) is 10.7. The molecular formula is C21H19Cl2N3O2S. The SMILES string of the molecule is CC(C)c1ccc(NC(=S)NNC(=O)c2ccc(-c3ccc(Cl)cc3Cl)o2)cc1. The summed E-state index contributed by atoms with van der Waals surface area (Å²) in [4.78, 5) is 12.3. The zero-order chi connectivity index (χ0) is 21.0. The van der Waals surface area contributed by atoms with Gasteiger partial charge in [-0.2, -0.15) is 0 Å². The fraction of sp³-hybridized carbons (Fsp3) is 0.143. The monoisotopic (exact) mass is 447 g/mol. The van der Waals surface area contributed by atoms with Gasteiger partial charge in [-0.3, -0.25) is 15.6 Å². The Morgan fingerprint density at radius 3 is 2.38 bits per heavy atom. The van der Waals surface area contributed by atoms with E-state index in [1.165, 1.54) is 5.56 Å². The quantitative estimate of drug-likeness (QED) is 0.337. The first-order chi connectivity index (χ1) is 13.8. The lowest BCUT2D eigenvalue weighted by atomic mass is 10.0. The van der Waals surface area contributed by atoms with E-state index in [0.717, 1.165) is 5.69 Å². The van der Waals surface area contributed by atoms with Crippen LogP contribution in [0.2, 0.25) is 10.0 Å². The van der Waals surface area contributed by atoms with Crippen molar-refractivity contribution in [2.45, 2.75) is 19.8 Å². The topological polar surface area (TPSA) is 66.3 Å². The molecule has 0 aliphatic heterocycles. The van der Waals surface area contributed by atoms with Crippen LogP contribution in [-0.2, 0) is 0 Å². The van der Waals surface area contributed by atoms with Crippen LogP contribution in [0.1, 0.15) is 35.9 Å². The number of carbonyl (C=O) groups excluding carboxylic acids is 1. The molecule has 2 aromatic carbocycles. The summed E-state index contributed by atoms with van der Waals surface area (Å²) in [5, 5.41) is 4.21. The maximum absolute atomic E-state index is 12.3. The van der Waals surface area contributed by atoms with E-state index in [1.54, 1.807) is 30.3 Å². The molecule has 3 N–H and O–H groups in total. The first-order valence-electron chi connectivity index (χ1n) is 8.86. The van der Waals surface area contributed by atoms with Crippen molar-refractivity contribution in [3.8, 4) is 11.3 Å². The molecular weight excluding hydrogens is 429 g/mol. The molecule has 1 heterocycles. The fourth-order valence-electron chi connectivity index (χ4n) is 2.58. The van der Waals surface area contributed by atoms with Crippen molar-refractivity contribution in [1.29, 1.82) is 0 Å². The maximum atomic E-state index is 12.3. The van der Waals surface area contributed by atoms with Crippen LogP contribution in [0.15, 0.2) is 59.0 Å². The highest BCUT2D eigenvalue weighted by Crippen LogP contribution is 2.31. The van der Waals surface area contributed by atoms with Crippen LogP contribution in [-0.4, -0.2) is 11.0 Å². The Kier molecular flexibility index (Phi) is 6.79. The highest BCUT2D eigenvalue weighted by Gasteiger charge is 2.14. The highest BCUT2D eigenvalue weighted by molar-refractivity contribution is 7.80. The first-order valence-corrected chi connectivity index (χ1v) is 10.0. The molecule has 29 heavy (non-hydrogen) atoms. The molecule has 3 rings (SSSR count). The second kappa shape index (κ2) is 9.31. The second-order valence-electron chi connectivity index (χ2n) is 6.60. The Morgan fingerprint density at radius 2 is 1.72 bits per heavy atom. The van der Waals surface area contributed by atoms with E-state index in [4.69, 9.17) is 39.8 Å². The lowest BCUT2D eigenvalue weighted by Crippen LogP contribution is -2.43. The number of anilines is 1. The van der Waals surface area contributed by atoms with Gasteiger partial charge in [0.05, 0.1) is 5.02 Å². The van der Waals surface area contributed by atoms with Crippen LogP contribution >= 0.6 is 35.4 Å². The number of benzene rings is 2. The molecule has 0 aliphatic rings. The average Bonchev–Trinajstić information content (AvgIpc) is 3.16. The molecule has 3 aromatic rings. The van der Waals surface area contributed by atoms with Gasteiger partial charge in [0.15, 0.2) is 10.9 Å². The number of carbonyl (C=O) groups is 1. The molecule has 0 atom stereocenters. The number of hydrogen-bond acceptors (Lipinski definition) is 3. The maximum Gasteiger partial charge on any atom is 0.305 e. The largest absolute Gasteiger partial charge is 0.451 e. The predicted octanol–water partition coefficient (Wildman–Crippen LogP) is 6.01. The Balaban J connectivity index is 1.56. The second-order valence-corrected chi connectivity index (χ2v) is 7.85. The summed E-state index contributed by atoms with van der Waals surface area (Å²) in [6.45, 7) is 4.26. The molecule has 5 nitrogen and oxygen atoms in total. The Labute approximate surface area is 184 Å². The summed E-state index contributed by atoms with van der Waals surface area (Å²) in [5.74, 6) is 0.556. The first kappa shape index (κ1) is 21.2. The molecule has 150 valence electrons. The highest BCUT2D eigenvalue weighted by atomic mass is 35.5. The van der Waals surface area contributed by atoms with Gasteiger partial charge in [-0.1, -0.05) is 49.2 Å². The van der Waals surface area contributed by atoms with E-state index in [2.05, 4.69) is 30.0 Å². The van der Waals surface area contributed by atoms with Gasteiger partial charge < -0.3 is 9.73 Å². The number of halogens is 2. The van der Waals surface area contributed by atoms with Crippen LogP contribution < -0.4 is 16.2 Å². The van der Waals surface area contributed by atoms with Gasteiger partial charge in [0.1, 0.15) is 5.76 Å². The Bertz CT molecular complexity index is 1030. The predicted molar refractivity (Wildman–Crippen MR) is 122 cm³/mol. The van der Waals surface area contributed by atoms with Gasteiger partial charge in [0.2, 0.25) is 0 Å². The van der Waals surface area contributed by atoms with Gasteiger partial charge in [-0.05, 0) is 66.2 Å². The van der Waals surface area contributed by atoms with Crippen molar-refractivity contribution >= 4 is 52.1 Å². The van der Waals surface area contributed by atoms with Crippen LogP contribution in [0.5, 0.6) is 0 Å². The summed E-state index contributed by atoms with van der Waals surface area (Å²) in [6, 6.07) is 16.2. The number of hydrogen-bond donors (Lipinski definition) is 3. The van der Waals surface area contributed by atoms with Gasteiger partial charge in [0, 0.05) is 16.3 Å². The van der Waals surface area contributed by atoms with E-state index in [1.807, 2.05) is 24.3 Å². The van der Waals surface area contributed by atoms with E-state index in [-0.39, 0.29) is 10.9 Å². The Morgan fingerprint density at radius 1 is 1.00 bits per heavy atom. The van der Waals surface area contributed by atoms with Crippen molar-refractivity contribution in [2.24, 2.45) is 0 Å². The van der Waals surface area contributed by atoms with E-state index < -0.39 is 5.91 Å². The molecule has 0 bridgehead atoms. The molecule has 0 aliphatic carbocycles. The third kappa shape index (κ3) is 5.50. The van der Waals surface area contributed by atoms with Crippen molar-refractivity contribution in [3.63, 3.8) is 0 Å². The summed E-state index contributed by atoms with van der Waals surface area (Å²) in [7, 11) is 0. The van der Waals surface area contributed by atoms with Crippen LogP contribution in [0.4, 0.5) is 5.69 Å². The summed E-state index contributed by atoms with van der Waals surface area (Å²) in [6.07, 6.45) is 0. The fourth-order valence-corrected chi connectivity index (χ4v) is 3.25. The van der Waals surface area contributed by atoms with Crippen molar-refractivity contribution < 1.29 is 9.21 Å². The molecule has 8 heteroatoms. The van der Waals surface area contributed by atoms with Crippen molar-refractivity contribution in [1.82, 2.24) is 10.9 Å². The molecule has 0 spiro atoms. The average molecular weight is 448 g/mol. The van der Waals surface area contributed by atoms with E-state index in [9.17, 15) is 4.79 Å². The molecule has 0 fully saturated rings. The molecule has 1 aromatic heterocycles. The Hall–Kier alpha value is -2.54. The minimum atomic E-state index is -0.472. The van der Waals surface area contributed by atoms with Crippen molar-refractivity contribution in [3.05, 3.63) is 76.0 Å². The zero-order valence-corrected chi connectivity index (χ0v) is 18.1. The number of rotatable bonds is 4. The molecule has 0 saturated heterocycles. The molecule has 0 saturated carbocycles. The van der Waals surface area contributed by atoms with Gasteiger partial charge in [-0.25, -0.2) is 0 Å². The molecule has 0 unspecified atom stereocenters. The van der Waals surface area contributed by atoms with Crippen LogP contribution in [0.25, 0.3) is 11.3 Å². The van der Waals surface area contributed by atoms with Crippen LogP contribution in [0, 0.1) is 0 Å². The lowest BCUT2D eigenvalue weighted by molar-refractivity contribution is 0.0917. The summed E-state index contributed by atoms with van der Waals surface area (Å²) in [5.41, 5.74) is 7.84. The molecule has 1 amide bonds. The van der Waals surface area contributed by atoms with Crippen molar-refractivity contribution in [2.75, 3.05) is 5.32 Å². The minimum absolute atomic E-state index is 0.114. The van der Waals surface area contributed by atoms with E-state index >= 15 is 0 Å². The minimum Gasteiger partial charge on any atom is -0.451 e.